The summed E-state index contributed by atoms with van der Waals surface area (Å²) in [5, 5.41) is 4.92. The first kappa shape index (κ1) is 20.1. The van der Waals surface area contributed by atoms with Gasteiger partial charge in [0.25, 0.3) is 0 Å². The Morgan fingerprint density at radius 2 is 1.37 bits per heavy atom. The van der Waals surface area contributed by atoms with E-state index in [1.165, 1.54) is 0 Å². The monoisotopic (exact) mass is 470 g/mol. The molecule has 0 N–H and O–H groups in total. The van der Waals surface area contributed by atoms with Gasteiger partial charge in [0.2, 0.25) is 0 Å². The van der Waals surface area contributed by atoms with Crippen LogP contribution in [-0.4, -0.2) is 19.4 Å². The van der Waals surface area contributed by atoms with Crippen molar-refractivity contribution >= 4 is 61.4 Å². The maximum Gasteiger partial charge on any atom is 0.174 e. The summed E-state index contributed by atoms with van der Waals surface area (Å²) in [7, 11) is -3.30. The minimum atomic E-state index is -3.30. The summed E-state index contributed by atoms with van der Waals surface area (Å²) in [6.07, 6.45) is 7.01. The molecule has 0 radical (unpaired) electrons. The van der Waals surface area contributed by atoms with Gasteiger partial charge in [0.1, 0.15) is 5.65 Å². The van der Waals surface area contributed by atoms with E-state index in [1.54, 1.807) is 18.6 Å². The second kappa shape index (κ2) is 7.59. The van der Waals surface area contributed by atoms with Crippen LogP contribution in [-0.2, 0) is 4.57 Å². The Labute approximate surface area is 201 Å². The fourth-order valence-corrected chi connectivity index (χ4v) is 7.83. The quantitative estimate of drug-likeness (QED) is 0.262. The molecule has 0 aliphatic rings. The fraction of sp³-hybridized carbons (Fsp3) is 0. The van der Waals surface area contributed by atoms with Gasteiger partial charge in [-0.05, 0) is 30.3 Å². The molecule has 0 aliphatic carbocycles. The van der Waals surface area contributed by atoms with E-state index >= 15 is 4.57 Å². The molecule has 1 atom stereocenters. The molecule has 0 saturated carbocycles. The number of aromatic nitrogens is 4. The van der Waals surface area contributed by atoms with Crippen LogP contribution in [0.5, 0.6) is 0 Å². The Hall–Kier alpha value is -4.34. The highest BCUT2D eigenvalue weighted by molar-refractivity contribution is 7.85. The standard InChI is InChI=1S/C29H19N4OP/c34-35(20-9-2-1-3-10-20,21-11-8-16-30-17-21)27-19-31-18-23-28(27)22-12-4-6-14-25(22)33-26-15-7-5-13-24(26)32-29(23)33/h1-19H. The second-order valence-electron chi connectivity index (χ2n) is 8.51. The Morgan fingerprint density at radius 1 is 0.629 bits per heavy atom. The Balaban J connectivity index is 1.72. The number of fused-ring (bicyclic) bond motifs is 8. The molecule has 166 valence electrons. The molecule has 0 amide bonds. The van der Waals surface area contributed by atoms with Crippen LogP contribution in [0.15, 0.2) is 116 Å². The lowest BCUT2D eigenvalue weighted by molar-refractivity contribution is 0.592. The van der Waals surface area contributed by atoms with Gasteiger partial charge in [-0.1, -0.05) is 60.7 Å². The van der Waals surface area contributed by atoms with Crippen LogP contribution < -0.4 is 15.9 Å². The van der Waals surface area contributed by atoms with Gasteiger partial charge < -0.3 is 4.57 Å². The van der Waals surface area contributed by atoms with Crippen molar-refractivity contribution < 1.29 is 4.57 Å². The normalized spacial score (nSPS) is 13.5. The van der Waals surface area contributed by atoms with Gasteiger partial charge in [-0.2, -0.15) is 0 Å². The average molecular weight is 470 g/mol. The van der Waals surface area contributed by atoms with Crippen molar-refractivity contribution in [2.75, 3.05) is 0 Å². The first-order valence-corrected chi connectivity index (χ1v) is 13.1. The number of benzene rings is 3. The molecule has 4 aromatic heterocycles. The molecule has 4 heterocycles. The van der Waals surface area contributed by atoms with Crippen molar-refractivity contribution in [2.24, 2.45) is 0 Å². The molecule has 0 fully saturated rings. The van der Waals surface area contributed by atoms with E-state index in [2.05, 4.69) is 32.6 Å². The Morgan fingerprint density at radius 3 is 2.20 bits per heavy atom. The Kier molecular flexibility index (Phi) is 4.35. The zero-order chi connectivity index (χ0) is 23.4. The summed E-state index contributed by atoms with van der Waals surface area (Å²) in [5.74, 6) is 0. The van der Waals surface area contributed by atoms with E-state index in [0.29, 0.717) is 10.6 Å². The van der Waals surface area contributed by atoms with Crippen molar-refractivity contribution in [2.45, 2.75) is 0 Å². The van der Waals surface area contributed by atoms with E-state index in [4.69, 9.17) is 4.98 Å². The first-order chi connectivity index (χ1) is 17.3. The van der Waals surface area contributed by atoms with E-state index in [9.17, 15) is 0 Å². The number of rotatable bonds is 3. The van der Waals surface area contributed by atoms with E-state index in [-0.39, 0.29) is 0 Å². The highest BCUT2D eigenvalue weighted by Crippen LogP contribution is 2.45. The number of hydrogen-bond acceptors (Lipinski definition) is 4. The minimum absolute atomic E-state index is 0.679. The number of para-hydroxylation sites is 3. The molecule has 7 aromatic rings. The van der Waals surface area contributed by atoms with Gasteiger partial charge >= 0.3 is 0 Å². The maximum absolute atomic E-state index is 15.3. The molecule has 7 rings (SSSR count). The van der Waals surface area contributed by atoms with Crippen LogP contribution in [0.3, 0.4) is 0 Å². The number of hydrogen-bond donors (Lipinski definition) is 0. The van der Waals surface area contributed by atoms with Gasteiger partial charge in [-0.3, -0.25) is 14.4 Å². The highest BCUT2D eigenvalue weighted by Gasteiger charge is 2.33. The van der Waals surface area contributed by atoms with Crippen LogP contribution >= 0.6 is 7.14 Å². The highest BCUT2D eigenvalue weighted by atomic mass is 31.2. The molecule has 1 unspecified atom stereocenters. The summed E-state index contributed by atoms with van der Waals surface area (Å²) < 4.78 is 17.5. The predicted molar refractivity (Wildman–Crippen MR) is 143 cm³/mol. The van der Waals surface area contributed by atoms with Gasteiger partial charge in [-0.15, -0.1) is 0 Å². The molecular formula is C29H19N4OP. The van der Waals surface area contributed by atoms with Gasteiger partial charge in [0.05, 0.1) is 16.6 Å². The minimum Gasteiger partial charge on any atom is -0.308 e. The summed E-state index contributed by atoms with van der Waals surface area (Å²) in [6, 6.07) is 29.7. The number of pyridine rings is 3. The lowest BCUT2D eigenvalue weighted by Gasteiger charge is -2.22. The van der Waals surface area contributed by atoms with Crippen LogP contribution in [0.1, 0.15) is 0 Å². The third kappa shape index (κ3) is 2.82. The van der Waals surface area contributed by atoms with Crippen molar-refractivity contribution in [3.05, 3.63) is 116 Å². The summed E-state index contributed by atoms with van der Waals surface area (Å²) in [4.78, 5) is 13.9. The number of imidazole rings is 1. The molecule has 0 bridgehead atoms. The molecule has 3 aromatic carbocycles. The maximum atomic E-state index is 15.3. The van der Waals surface area contributed by atoms with Crippen molar-refractivity contribution in [3.63, 3.8) is 0 Å². The van der Waals surface area contributed by atoms with Crippen molar-refractivity contribution in [1.29, 1.82) is 0 Å². The Bertz CT molecular complexity index is 1890. The van der Waals surface area contributed by atoms with Crippen LogP contribution in [0.25, 0.3) is 38.4 Å². The largest absolute Gasteiger partial charge is 0.308 e. The molecule has 0 saturated heterocycles. The predicted octanol–water partition coefficient (Wildman–Crippen LogP) is 5.22. The second-order valence-corrected chi connectivity index (χ2v) is 11.2. The zero-order valence-corrected chi connectivity index (χ0v) is 19.5. The molecule has 0 spiro atoms. The lowest BCUT2D eigenvalue weighted by atomic mass is 10.1. The number of nitrogens with zero attached hydrogens (tertiary/aromatic N) is 4. The fourth-order valence-electron chi connectivity index (χ4n) is 5.08. The van der Waals surface area contributed by atoms with Crippen LogP contribution in [0, 0.1) is 0 Å². The summed E-state index contributed by atoms with van der Waals surface area (Å²) >= 11 is 0. The van der Waals surface area contributed by atoms with Gasteiger partial charge in [0.15, 0.2) is 7.14 Å². The average Bonchev–Trinajstić information content (AvgIpc) is 3.33. The summed E-state index contributed by atoms with van der Waals surface area (Å²) in [5.41, 5.74) is 3.76. The lowest BCUT2D eigenvalue weighted by Crippen LogP contribution is -2.26. The van der Waals surface area contributed by atoms with Gasteiger partial charge in [-0.25, -0.2) is 4.98 Å². The molecule has 6 heteroatoms. The molecule has 35 heavy (non-hydrogen) atoms. The van der Waals surface area contributed by atoms with E-state index < -0.39 is 7.14 Å². The van der Waals surface area contributed by atoms with Crippen LogP contribution in [0.4, 0.5) is 0 Å². The molecule has 5 nitrogen and oxygen atoms in total. The third-order valence-corrected chi connectivity index (χ3v) is 9.65. The topological polar surface area (TPSA) is 60.2 Å². The zero-order valence-electron chi connectivity index (χ0n) is 18.6. The van der Waals surface area contributed by atoms with E-state index in [1.807, 2.05) is 79.0 Å². The first-order valence-electron chi connectivity index (χ1n) is 11.4. The third-order valence-electron chi connectivity index (χ3n) is 6.61. The van der Waals surface area contributed by atoms with E-state index in [0.717, 1.165) is 43.7 Å². The molecule has 0 aliphatic heterocycles. The summed E-state index contributed by atoms with van der Waals surface area (Å²) in [6.45, 7) is 0. The van der Waals surface area contributed by atoms with Crippen molar-refractivity contribution in [1.82, 2.24) is 19.4 Å². The van der Waals surface area contributed by atoms with Crippen molar-refractivity contribution in [3.8, 4) is 0 Å². The SMILES string of the molecule is O=P(c1ccccc1)(c1cccnc1)c1cncc2c1c1ccccc1n1c3ccccc3nc21. The smallest absolute Gasteiger partial charge is 0.174 e. The molecular weight excluding hydrogens is 451 g/mol. The van der Waals surface area contributed by atoms with Gasteiger partial charge in [0, 0.05) is 56.9 Å². The van der Waals surface area contributed by atoms with Crippen LogP contribution in [0.2, 0.25) is 0 Å².